The van der Waals surface area contributed by atoms with Crippen molar-refractivity contribution in [3.8, 4) is 6.07 Å². The zero-order valence-corrected chi connectivity index (χ0v) is 11.2. The lowest BCUT2D eigenvalue weighted by atomic mass is 10.0. The molecule has 0 atom stereocenters. The van der Waals surface area contributed by atoms with Crippen LogP contribution >= 0.6 is 15.9 Å². The highest BCUT2D eigenvalue weighted by molar-refractivity contribution is 9.10. The van der Waals surface area contributed by atoms with Crippen LogP contribution in [0.25, 0.3) is 11.8 Å². The number of hydrogen-bond donors (Lipinski definition) is 1. The van der Waals surface area contributed by atoms with E-state index in [0.717, 1.165) is 0 Å². The summed E-state index contributed by atoms with van der Waals surface area (Å²) in [5.41, 5.74) is 6.75. The van der Waals surface area contributed by atoms with Gasteiger partial charge in [-0.2, -0.15) is 5.26 Å². The lowest BCUT2D eigenvalue weighted by molar-refractivity contribution is -0.112. The summed E-state index contributed by atoms with van der Waals surface area (Å²) in [6.45, 7) is 0. The van der Waals surface area contributed by atoms with Crippen molar-refractivity contribution in [3.05, 3.63) is 46.5 Å². The molecule has 0 aliphatic heterocycles. The first kappa shape index (κ1) is 13.0. The topological polar surface area (TPSA) is 97.6 Å². The van der Waals surface area contributed by atoms with E-state index in [2.05, 4.69) is 26.0 Å². The van der Waals surface area contributed by atoms with E-state index in [1.165, 1.54) is 17.2 Å². The highest BCUT2D eigenvalue weighted by atomic mass is 79.9. The van der Waals surface area contributed by atoms with Crippen LogP contribution < -0.4 is 5.73 Å². The molecule has 2 rings (SSSR count). The van der Waals surface area contributed by atoms with Crippen molar-refractivity contribution in [2.45, 2.75) is 0 Å². The zero-order chi connectivity index (χ0) is 13.8. The SMILES string of the molecule is N#Cc1ccc(/C(=C\n2cnc(Br)n2)C(N)=O)cc1. The van der Waals surface area contributed by atoms with Crippen molar-refractivity contribution in [3.63, 3.8) is 0 Å². The van der Waals surface area contributed by atoms with Gasteiger partial charge in [0.15, 0.2) is 0 Å². The van der Waals surface area contributed by atoms with Crippen LogP contribution in [-0.4, -0.2) is 20.7 Å². The van der Waals surface area contributed by atoms with Gasteiger partial charge in [0, 0.05) is 6.20 Å². The second kappa shape index (κ2) is 5.46. The molecule has 0 radical (unpaired) electrons. The first-order chi connectivity index (χ1) is 9.10. The Morgan fingerprint density at radius 3 is 2.58 bits per heavy atom. The van der Waals surface area contributed by atoms with Crippen molar-refractivity contribution in [2.24, 2.45) is 5.73 Å². The van der Waals surface area contributed by atoms with Gasteiger partial charge in [-0.15, -0.1) is 5.10 Å². The van der Waals surface area contributed by atoms with Crippen molar-refractivity contribution in [1.29, 1.82) is 5.26 Å². The molecule has 1 aromatic heterocycles. The van der Waals surface area contributed by atoms with Crippen LogP contribution in [0.4, 0.5) is 0 Å². The van der Waals surface area contributed by atoms with Crippen LogP contribution in [0.2, 0.25) is 0 Å². The maximum atomic E-state index is 11.5. The second-order valence-corrected chi connectivity index (χ2v) is 4.30. The zero-order valence-electron chi connectivity index (χ0n) is 9.62. The van der Waals surface area contributed by atoms with Gasteiger partial charge in [0.2, 0.25) is 4.73 Å². The molecule has 0 unspecified atom stereocenters. The van der Waals surface area contributed by atoms with Gasteiger partial charge in [0.25, 0.3) is 5.91 Å². The predicted molar refractivity (Wildman–Crippen MR) is 72.2 cm³/mol. The number of primary amides is 1. The molecule has 0 bridgehead atoms. The molecule has 7 heteroatoms. The molecule has 94 valence electrons. The van der Waals surface area contributed by atoms with Gasteiger partial charge >= 0.3 is 0 Å². The summed E-state index contributed by atoms with van der Waals surface area (Å²) in [7, 11) is 0. The lowest BCUT2D eigenvalue weighted by Gasteiger charge is -2.03. The maximum absolute atomic E-state index is 11.5. The third kappa shape index (κ3) is 3.05. The van der Waals surface area contributed by atoms with Gasteiger partial charge < -0.3 is 5.73 Å². The Kier molecular flexibility index (Phi) is 3.73. The number of carbonyl (C=O) groups is 1. The van der Waals surface area contributed by atoms with E-state index in [9.17, 15) is 4.79 Å². The van der Waals surface area contributed by atoms with Gasteiger partial charge in [-0.1, -0.05) is 12.1 Å². The van der Waals surface area contributed by atoms with Crippen molar-refractivity contribution in [2.75, 3.05) is 0 Å². The molecular weight excluding hydrogens is 310 g/mol. The van der Waals surface area contributed by atoms with Gasteiger partial charge in [0.05, 0.1) is 17.2 Å². The first-order valence-electron chi connectivity index (χ1n) is 5.19. The van der Waals surface area contributed by atoms with Crippen LogP contribution in [0.15, 0.2) is 35.3 Å². The number of carbonyl (C=O) groups excluding carboxylic acids is 1. The molecule has 6 nitrogen and oxygen atoms in total. The molecule has 19 heavy (non-hydrogen) atoms. The fraction of sp³-hybridized carbons (Fsp3) is 0. The van der Waals surface area contributed by atoms with Crippen molar-refractivity contribution >= 4 is 33.6 Å². The number of rotatable bonds is 3. The summed E-state index contributed by atoms with van der Waals surface area (Å²) >= 11 is 3.11. The smallest absolute Gasteiger partial charge is 0.250 e. The van der Waals surface area contributed by atoms with Crippen molar-refractivity contribution in [1.82, 2.24) is 14.8 Å². The standard InChI is InChI=1S/C12H8BrN5O/c13-12-16-7-18(17-12)6-10(11(15)19)9-3-1-8(5-14)2-4-9/h1-4,6-7H,(H2,15,19)/b10-6+. The number of nitriles is 1. The Bertz CT molecular complexity index is 681. The molecule has 1 heterocycles. The minimum Gasteiger partial charge on any atom is -0.366 e. The minimum absolute atomic E-state index is 0.280. The Hall–Kier alpha value is -2.46. The van der Waals surface area contributed by atoms with Crippen LogP contribution in [0, 0.1) is 11.3 Å². The average Bonchev–Trinajstić information content (AvgIpc) is 2.81. The quantitative estimate of drug-likeness (QED) is 0.865. The molecular formula is C12H8BrN5O. The highest BCUT2D eigenvalue weighted by Crippen LogP contribution is 2.16. The van der Waals surface area contributed by atoms with E-state index < -0.39 is 5.91 Å². The monoisotopic (exact) mass is 317 g/mol. The number of amides is 1. The Balaban J connectivity index is 2.43. The molecule has 0 aliphatic rings. The van der Waals surface area contributed by atoms with E-state index in [1.807, 2.05) is 6.07 Å². The molecule has 0 aliphatic carbocycles. The Morgan fingerprint density at radius 1 is 1.42 bits per heavy atom. The van der Waals surface area contributed by atoms with E-state index in [-0.39, 0.29) is 5.57 Å². The second-order valence-electron chi connectivity index (χ2n) is 3.59. The number of halogens is 1. The van der Waals surface area contributed by atoms with Gasteiger partial charge in [-0.25, -0.2) is 9.67 Å². The minimum atomic E-state index is -0.587. The van der Waals surface area contributed by atoms with Crippen LogP contribution in [0.3, 0.4) is 0 Å². The molecule has 2 aromatic rings. The van der Waals surface area contributed by atoms with E-state index in [1.54, 1.807) is 24.3 Å². The Labute approximate surface area is 117 Å². The van der Waals surface area contributed by atoms with Gasteiger partial charge in [0.1, 0.15) is 6.33 Å². The number of aromatic nitrogens is 3. The summed E-state index contributed by atoms with van der Waals surface area (Å²) in [5, 5.41) is 12.7. The molecule has 1 amide bonds. The average molecular weight is 318 g/mol. The number of nitrogens with two attached hydrogens (primary N) is 1. The third-order valence-electron chi connectivity index (χ3n) is 2.33. The summed E-state index contributed by atoms with van der Waals surface area (Å²) in [6, 6.07) is 8.54. The largest absolute Gasteiger partial charge is 0.366 e. The molecule has 0 saturated carbocycles. The number of hydrogen-bond acceptors (Lipinski definition) is 4. The molecule has 0 spiro atoms. The predicted octanol–water partition coefficient (Wildman–Crippen LogP) is 1.40. The molecule has 2 N–H and O–H groups in total. The first-order valence-corrected chi connectivity index (χ1v) is 5.98. The fourth-order valence-electron chi connectivity index (χ4n) is 1.45. The number of benzene rings is 1. The summed E-state index contributed by atoms with van der Waals surface area (Å²) in [4.78, 5) is 15.4. The van der Waals surface area contributed by atoms with Gasteiger partial charge in [-0.3, -0.25) is 4.79 Å². The summed E-state index contributed by atoms with van der Waals surface area (Å²) < 4.78 is 1.79. The summed E-state index contributed by atoms with van der Waals surface area (Å²) in [6.07, 6.45) is 2.91. The maximum Gasteiger partial charge on any atom is 0.250 e. The normalized spacial score (nSPS) is 11.1. The van der Waals surface area contributed by atoms with E-state index >= 15 is 0 Å². The highest BCUT2D eigenvalue weighted by Gasteiger charge is 2.09. The van der Waals surface area contributed by atoms with Crippen LogP contribution in [0.5, 0.6) is 0 Å². The third-order valence-corrected chi connectivity index (χ3v) is 2.70. The van der Waals surface area contributed by atoms with Crippen LogP contribution in [-0.2, 0) is 4.79 Å². The lowest BCUT2D eigenvalue weighted by Crippen LogP contribution is -2.13. The van der Waals surface area contributed by atoms with Crippen LogP contribution in [0.1, 0.15) is 11.1 Å². The number of nitrogens with zero attached hydrogens (tertiary/aromatic N) is 4. The summed E-state index contributed by atoms with van der Waals surface area (Å²) in [5.74, 6) is -0.587. The van der Waals surface area contributed by atoms with Crippen molar-refractivity contribution < 1.29 is 4.79 Å². The fourth-order valence-corrected chi connectivity index (χ4v) is 1.73. The van der Waals surface area contributed by atoms with Gasteiger partial charge in [-0.05, 0) is 33.6 Å². The van der Waals surface area contributed by atoms with E-state index in [0.29, 0.717) is 15.9 Å². The molecule has 1 aromatic carbocycles. The molecule has 0 fully saturated rings. The molecule has 0 saturated heterocycles. The van der Waals surface area contributed by atoms with E-state index in [4.69, 9.17) is 11.0 Å². The Morgan fingerprint density at radius 2 is 2.11 bits per heavy atom.